The lowest BCUT2D eigenvalue weighted by atomic mass is 9.77. The van der Waals surface area contributed by atoms with Crippen LogP contribution in [-0.4, -0.2) is 24.9 Å². The molecule has 2 nitrogen and oxygen atoms in total. The molecule has 0 aromatic heterocycles. The maximum atomic E-state index is 12.1. The van der Waals surface area contributed by atoms with Crippen molar-refractivity contribution in [3.63, 3.8) is 0 Å². The van der Waals surface area contributed by atoms with Crippen LogP contribution in [0.4, 0.5) is 0 Å². The van der Waals surface area contributed by atoms with E-state index in [4.69, 9.17) is 0 Å². The van der Waals surface area contributed by atoms with Crippen LogP contribution in [0.5, 0.6) is 0 Å². The molecule has 0 aromatic carbocycles. The van der Waals surface area contributed by atoms with Gasteiger partial charge in [0, 0.05) is 19.5 Å². The zero-order chi connectivity index (χ0) is 10.8. The summed E-state index contributed by atoms with van der Waals surface area (Å²) in [6, 6.07) is 0. The molecule has 1 saturated carbocycles. The van der Waals surface area contributed by atoms with Crippen molar-refractivity contribution in [3.05, 3.63) is 0 Å². The number of carbonyl (C=O) groups excluding carboxylic acids is 1. The quantitative estimate of drug-likeness (QED) is 0.681. The fourth-order valence-corrected chi connectivity index (χ4v) is 2.81. The minimum atomic E-state index is -0.0162. The molecule has 0 heterocycles. The van der Waals surface area contributed by atoms with Gasteiger partial charge in [-0.1, -0.05) is 26.7 Å². The minimum absolute atomic E-state index is 0.0162. The molecule has 1 amide bonds. The molecule has 0 N–H and O–H groups in total. The second kappa shape index (κ2) is 4.33. The Labute approximate surface area is 87.7 Å². The first-order valence-electron chi connectivity index (χ1n) is 5.70. The second-order valence-electron chi connectivity index (χ2n) is 5.28. The Balaban J connectivity index is 2.76. The summed E-state index contributed by atoms with van der Waals surface area (Å²) in [5.41, 5.74) is -0.0162. The Bertz CT molecular complexity index is 202. The lowest BCUT2D eigenvalue weighted by molar-refractivity contribution is -0.140. The van der Waals surface area contributed by atoms with Crippen LogP contribution in [-0.2, 0) is 4.79 Å². The highest BCUT2D eigenvalue weighted by Gasteiger charge is 2.41. The lowest BCUT2D eigenvalue weighted by Crippen LogP contribution is -2.39. The third kappa shape index (κ3) is 2.28. The molecule has 0 aromatic rings. The summed E-state index contributed by atoms with van der Waals surface area (Å²) >= 11 is 0. The first kappa shape index (κ1) is 11.5. The van der Waals surface area contributed by atoms with E-state index in [1.165, 1.54) is 12.8 Å². The van der Waals surface area contributed by atoms with Crippen molar-refractivity contribution in [3.8, 4) is 0 Å². The highest BCUT2D eigenvalue weighted by atomic mass is 16.2. The van der Waals surface area contributed by atoms with Gasteiger partial charge in [0.1, 0.15) is 0 Å². The first-order valence-corrected chi connectivity index (χ1v) is 5.70. The predicted octanol–water partition coefficient (Wildman–Crippen LogP) is 2.68. The summed E-state index contributed by atoms with van der Waals surface area (Å²) in [4.78, 5) is 13.9. The maximum absolute atomic E-state index is 12.1. The molecule has 0 aliphatic heterocycles. The van der Waals surface area contributed by atoms with Gasteiger partial charge in [-0.15, -0.1) is 0 Å². The van der Waals surface area contributed by atoms with E-state index in [9.17, 15) is 4.79 Å². The van der Waals surface area contributed by atoms with Crippen LogP contribution in [0.15, 0.2) is 0 Å². The molecule has 0 unspecified atom stereocenters. The van der Waals surface area contributed by atoms with Gasteiger partial charge in [-0.25, -0.2) is 0 Å². The van der Waals surface area contributed by atoms with E-state index in [-0.39, 0.29) is 5.41 Å². The lowest BCUT2D eigenvalue weighted by Gasteiger charge is -2.32. The molecule has 1 aliphatic carbocycles. The van der Waals surface area contributed by atoms with Crippen molar-refractivity contribution in [2.45, 2.75) is 46.0 Å². The largest absolute Gasteiger partial charge is 0.348 e. The topological polar surface area (TPSA) is 20.3 Å². The fraction of sp³-hybridized carbons (Fsp3) is 0.917. The number of hydrogen-bond acceptors (Lipinski definition) is 1. The molecular weight excluding hydrogens is 174 g/mol. The molecular formula is C12H23NO. The second-order valence-corrected chi connectivity index (χ2v) is 5.28. The van der Waals surface area contributed by atoms with Gasteiger partial charge in [0.2, 0.25) is 5.91 Å². The molecule has 1 fully saturated rings. The summed E-state index contributed by atoms with van der Waals surface area (Å²) in [6.07, 6.45) is 5.72. The van der Waals surface area contributed by atoms with Crippen molar-refractivity contribution >= 4 is 5.91 Å². The van der Waals surface area contributed by atoms with Gasteiger partial charge in [0.15, 0.2) is 0 Å². The van der Waals surface area contributed by atoms with Crippen LogP contribution < -0.4 is 0 Å². The van der Waals surface area contributed by atoms with Crippen LogP contribution in [0.3, 0.4) is 0 Å². The molecule has 2 heteroatoms. The highest BCUT2D eigenvalue weighted by molar-refractivity contribution is 5.82. The number of carbonyl (C=O) groups is 1. The van der Waals surface area contributed by atoms with Crippen LogP contribution in [0.2, 0.25) is 0 Å². The van der Waals surface area contributed by atoms with Gasteiger partial charge in [-0.2, -0.15) is 0 Å². The average molecular weight is 197 g/mol. The zero-order valence-corrected chi connectivity index (χ0v) is 9.97. The van der Waals surface area contributed by atoms with Gasteiger partial charge in [-0.3, -0.25) is 4.79 Å². The third-order valence-electron chi connectivity index (χ3n) is 3.22. The van der Waals surface area contributed by atoms with E-state index in [0.29, 0.717) is 11.8 Å². The third-order valence-corrected chi connectivity index (χ3v) is 3.22. The maximum Gasteiger partial charge on any atom is 0.228 e. The van der Waals surface area contributed by atoms with E-state index in [1.807, 2.05) is 14.1 Å². The summed E-state index contributed by atoms with van der Waals surface area (Å²) < 4.78 is 0. The molecule has 82 valence electrons. The van der Waals surface area contributed by atoms with Crippen molar-refractivity contribution in [1.29, 1.82) is 0 Å². The van der Waals surface area contributed by atoms with E-state index in [2.05, 4.69) is 13.8 Å². The van der Waals surface area contributed by atoms with Crippen LogP contribution in [0.25, 0.3) is 0 Å². The summed E-state index contributed by atoms with van der Waals surface area (Å²) in [6.45, 7) is 4.42. The molecule has 0 saturated heterocycles. The van der Waals surface area contributed by atoms with E-state index in [0.717, 1.165) is 19.3 Å². The minimum Gasteiger partial charge on any atom is -0.348 e. The average Bonchev–Trinajstić information content (AvgIpc) is 2.51. The monoisotopic (exact) mass is 197 g/mol. The highest BCUT2D eigenvalue weighted by Crippen LogP contribution is 2.44. The number of amides is 1. The molecule has 0 atom stereocenters. The SMILES string of the molecule is CC(C)CC1(C(=O)N(C)C)CCCC1. The normalized spacial score (nSPS) is 20.1. The molecule has 0 bridgehead atoms. The van der Waals surface area contributed by atoms with Crippen molar-refractivity contribution < 1.29 is 4.79 Å². The molecule has 0 radical (unpaired) electrons. The van der Waals surface area contributed by atoms with Gasteiger partial charge in [0.25, 0.3) is 0 Å². The Morgan fingerprint density at radius 1 is 1.29 bits per heavy atom. The van der Waals surface area contributed by atoms with Crippen LogP contribution in [0, 0.1) is 11.3 Å². The van der Waals surface area contributed by atoms with Crippen molar-refractivity contribution in [2.75, 3.05) is 14.1 Å². The zero-order valence-electron chi connectivity index (χ0n) is 9.97. The summed E-state index contributed by atoms with van der Waals surface area (Å²) in [5.74, 6) is 0.973. The van der Waals surface area contributed by atoms with Gasteiger partial charge < -0.3 is 4.90 Å². The van der Waals surface area contributed by atoms with Crippen LogP contribution in [0.1, 0.15) is 46.0 Å². The van der Waals surface area contributed by atoms with Crippen molar-refractivity contribution in [2.24, 2.45) is 11.3 Å². The predicted molar refractivity (Wildman–Crippen MR) is 59.1 cm³/mol. The Morgan fingerprint density at radius 3 is 2.14 bits per heavy atom. The van der Waals surface area contributed by atoms with E-state index in [1.54, 1.807) is 4.90 Å². The Kier molecular flexibility index (Phi) is 3.57. The van der Waals surface area contributed by atoms with E-state index >= 15 is 0 Å². The number of nitrogens with zero attached hydrogens (tertiary/aromatic N) is 1. The van der Waals surface area contributed by atoms with Crippen LogP contribution >= 0.6 is 0 Å². The van der Waals surface area contributed by atoms with Crippen molar-refractivity contribution in [1.82, 2.24) is 4.90 Å². The van der Waals surface area contributed by atoms with Gasteiger partial charge in [-0.05, 0) is 25.2 Å². The molecule has 1 aliphatic rings. The Hall–Kier alpha value is -0.530. The van der Waals surface area contributed by atoms with Gasteiger partial charge in [0.05, 0.1) is 0 Å². The molecule has 0 spiro atoms. The van der Waals surface area contributed by atoms with E-state index < -0.39 is 0 Å². The molecule has 1 rings (SSSR count). The van der Waals surface area contributed by atoms with Gasteiger partial charge >= 0.3 is 0 Å². The first-order chi connectivity index (χ1) is 6.48. The summed E-state index contributed by atoms with van der Waals surface area (Å²) in [7, 11) is 3.76. The number of rotatable bonds is 3. The molecule has 14 heavy (non-hydrogen) atoms. The summed E-state index contributed by atoms with van der Waals surface area (Å²) in [5, 5.41) is 0. The Morgan fingerprint density at radius 2 is 1.79 bits per heavy atom. The fourth-order valence-electron chi connectivity index (χ4n) is 2.81. The number of hydrogen-bond donors (Lipinski definition) is 0. The standard InChI is InChI=1S/C12H23NO/c1-10(2)9-12(7-5-6-8-12)11(14)13(3)4/h10H,5-9H2,1-4H3. The smallest absolute Gasteiger partial charge is 0.228 e.